The third-order valence-corrected chi connectivity index (χ3v) is 3.12. The van der Waals surface area contributed by atoms with Crippen LogP contribution >= 0.6 is 0 Å². The van der Waals surface area contributed by atoms with Crippen LogP contribution in [0.3, 0.4) is 0 Å². The second-order valence-corrected chi connectivity index (χ2v) is 4.36. The van der Waals surface area contributed by atoms with Crippen molar-refractivity contribution in [1.82, 2.24) is 5.43 Å². The van der Waals surface area contributed by atoms with Crippen molar-refractivity contribution in [2.75, 3.05) is 6.61 Å². The number of ether oxygens (including phenoxy) is 1. The van der Waals surface area contributed by atoms with Gasteiger partial charge in [-0.2, -0.15) is 0 Å². The van der Waals surface area contributed by atoms with Gasteiger partial charge in [0.25, 0.3) is 0 Å². The summed E-state index contributed by atoms with van der Waals surface area (Å²) < 4.78 is 10.9. The van der Waals surface area contributed by atoms with E-state index in [2.05, 4.69) is 5.43 Å². The molecule has 1 aliphatic heterocycles. The van der Waals surface area contributed by atoms with Crippen molar-refractivity contribution in [1.29, 1.82) is 0 Å². The lowest BCUT2D eigenvalue weighted by Crippen LogP contribution is -2.37. The smallest absolute Gasteiger partial charge is 0.105 e. The predicted octanol–water partition coefficient (Wildman–Crippen LogP) is 1.61. The zero-order chi connectivity index (χ0) is 11.2. The fraction of sp³-hybridized carbons (Fsp3) is 0.667. The minimum Gasteiger partial charge on any atom is -0.469 e. The van der Waals surface area contributed by atoms with Crippen molar-refractivity contribution in [3.8, 4) is 0 Å². The van der Waals surface area contributed by atoms with Crippen LogP contribution < -0.4 is 11.3 Å². The number of hydrazine groups is 1. The van der Waals surface area contributed by atoms with E-state index < -0.39 is 0 Å². The molecule has 1 fully saturated rings. The molecule has 2 atom stereocenters. The Bertz CT molecular complexity index is 281. The SMILES string of the molecule is NNC(CCC1CCCO1)Cc1ccco1. The van der Waals surface area contributed by atoms with Gasteiger partial charge in [0.1, 0.15) is 5.76 Å². The van der Waals surface area contributed by atoms with E-state index in [1.54, 1.807) is 6.26 Å². The fourth-order valence-corrected chi connectivity index (χ4v) is 2.17. The first-order valence-corrected chi connectivity index (χ1v) is 5.98. The molecule has 0 bridgehead atoms. The minimum atomic E-state index is 0.273. The Labute approximate surface area is 96.1 Å². The summed E-state index contributed by atoms with van der Waals surface area (Å²) in [6, 6.07) is 4.16. The summed E-state index contributed by atoms with van der Waals surface area (Å²) in [4.78, 5) is 0. The molecule has 1 aromatic heterocycles. The Morgan fingerprint density at radius 2 is 2.50 bits per heavy atom. The first-order valence-electron chi connectivity index (χ1n) is 5.98. The van der Waals surface area contributed by atoms with Crippen molar-refractivity contribution < 1.29 is 9.15 Å². The monoisotopic (exact) mass is 224 g/mol. The summed E-state index contributed by atoms with van der Waals surface area (Å²) in [5, 5.41) is 0. The Morgan fingerprint density at radius 3 is 3.12 bits per heavy atom. The highest BCUT2D eigenvalue weighted by atomic mass is 16.5. The largest absolute Gasteiger partial charge is 0.469 e. The molecule has 0 aromatic carbocycles. The standard InChI is InChI=1S/C12H20N2O2/c13-14-10(9-12-4-2-8-16-12)5-6-11-3-1-7-15-11/h2,4,8,10-11,14H,1,3,5-7,9,13H2. The maximum atomic E-state index is 5.59. The van der Waals surface area contributed by atoms with Crippen LogP contribution in [0.1, 0.15) is 31.4 Å². The second kappa shape index (κ2) is 6.03. The van der Waals surface area contributed by atoms with E-state index in [4.69, 9.17) is 15.0 Å². The van der Waals surface area contributed by atoms with Crippen LogP contribution in [0.4, 0.5) is 0 Å². The molecule has 0 aliphatic carbocycles. The fourth-order valence-electron chi connectivity index (χ4n) is 2.17. The average Bonchev–Trinajstić information content (AvgIpc) is 2.97. The summed E-state index contributed by atoms with van der Waals surface area (Å²) in [7, 11) is 0. The molecule has 0 spiro atoms. The molecule has 4 heteroatoms. The molecule has 2 rings (SSSR count). The van der Waals surface area contributed by atoms with Crippen LogP contribution in [0.2, 0.25) is 0 Å². The maximum Gasteiger partial charge on any atom is 0.105 e. The van der Waals surface area contributed by atoms with Crippen molar-refractivity contribution in [3.63, 3.8) is 0 Å². The number of hydrogen-bond donors (Lipinski definition) is 2. The molecular weight excluding hydrogens is 204 g/mol. The van der Waals surface area contributed by atoms with Crippen LogP contribution in [-0.4, -0.2) is 18.8 Å². The summed E-state index contributed by atoms with van der Waals surface area (Å²) in [5.41, 5.74) is 2.85. The first-order chi connectivity index (χ1) is 7.88. The van der Waals surface area contributed by atoms with Crippen LogP contribution in [0, 0.1) is 0 Å². The molecular formula is C12H20N2O2. The number of nitrogens with two attached hydrogens (primary N) is 1. The highest BCUT2D eigenvalue weighted by Gasteiger charge is 2.18. The van der Waals surface area contributed by atoms with E-state index in [1.165, 1.54) is 12.8 Å². The number of furan rings is 1. The Kier molecular flexibility index (Phi) is 4.39. The van der Waals surface area contributed by atoms with Gasteiger partial charge in [-0.25, -0.2) is 0 Å². The predicted molar refractivity (Wildman–Crippen MR) is 61.7 cm³/mol. The van der Waals surface area contributed by atoms with Gasteiger partial charge in [0, 0.05) is 19.1 Å². The van der Waals surface area contributed by atoms with E-state index in [9.17, 15) is 0 Å². The Hall–Kier alpha value is -0.840. The molecule has 0 radical (unpaired) electrons. The molecule has 1 aromatic rings. The average molecular weight is 224 g/mol. The Balaban J connectivity index is 1.72. The van der Waals surface area contributed by atoms with Gasteiger partial charge in [0.2, 0.25) is 0 Å². The molecule has 2 heterocycles. The molecule has 4 nitrogen and oxygen atoms in total. The van der Waals surface area contributed by atoms with Crippen molar-refractivity contribution in [2.45, 2.75) is 44.2 Å². The zero-order valence-electron chi connectivity index (χ0n) is 9.52. The van der Waals surface area contributed by atoms with Gasteiger partial charge in [-0.05, 0) is 37.8 Å². The second-order valence-electron chi connectivity index (χ2n) is 4.36. The molecule has 3 N–H and O–H groups in total. The number of nitrogens with one attached hydrogen (secondary N) is 1. The van der Waals surface area contributed by atoms with Gasteiger partial charge in [-0.3, -0.25) is 11.3 Å². The highest BCUT2D eigenvalue weighted by Crippen LogP contribution is 2.18. The van der Waals surface area contributed by atoms with Crippen LogP contribution in [-0.2, 0) is 11.2 Å². The lowest BCUT2D eigenvalue weighted by molar-refractivity contribution is 0.0994. The Morgan fingerprint density at radius 1 is 1.56 bits per heavy atom. The third-order valence-electron chi connectivity index (χ3n) is 3.12. The van der Waals surface area contributed by atoms with Crippen molar-refractivity contribution in [3.05, 3.63) is 24.2 Å². The molecule has 1 saturated heterocycles. The van der Waals surface area contributed by atoms with E-state index in [-0.39, 0.29) is 6.04 Å². The van der Waals surface area contributed by atoms with E-state index in [0.717, 1.165) is 31.6 Å². The van der Waals surface area contributed by atoms with Gasteiger partial charge in [0.05, 0.1) is 12.4 Å². The van der Waals surface area contributed by atoms with Gasteiger partial charge >= 0.3 is 0 Å². The first kappa shape index (κ1) is 11.6. The molecule has 16 heavy (non-hydrogen) atoms. The molecule has 2 unspecified atom stereocenters. The van der Waals surface area contributed by atoms with Gasteiger partial charge < -0.3 is 9.15 Å². The summed E-state index contributed by atoms with van der Waals surface area (Å²) in [5.74, 6) is 6.52. The lowest BCUT2D eigenvalue weighted by Gasteiger charge is -2.16. The minimum absolute atomic E-state index is 0.273. The van der Waals surface area contributed by atoms with Gasteiger partial charge in [-0.1, -0.05) is 0 Å². The van der Waals surface area contributed by atoms with E-state index in [1.807, 2.05) is 12.1 Å². The topological polar surface area (TPSA) is 60.4 Å². The zero-order valence-corrected chi connectivity index (χ0v) is 9.52. The van der Waals surface area contributed by atoms with Gasteiger partial charge in [-0.15, -0.1) is 0 Å². The summed E-state index contributed by atoms with van der Waals surface area (Å²) >= 11 is 0. The lowest BCUT2D eigenvalue weighted by atomic mass is 10.0. The van der Waals surface area contributed by atoms with Crippen LogP contribution in [0.25, 0.3) is 0 Å². The normalized spacial score (nSPS) is 22.4. The van der Waals surface area contributed by atoms with Crippen molar-refractivity contribution in [2.24, 2.45) is 5.84 Å². The molecule has 0 saturated carbocycles. The maximum absolute atomic E-state index is 5.59. The van der Waals surface area contributed by atoms with Crippen LogP contribution in [0.15, 0.2) is 22.8 Å². The molecule has 0 amide bonds. The molecule has 90 valence electrons. The number of rotatable bonds is 6. The van der Waals surface area contributed by atoms with Crippen LogP contribution in [0.5, 0.6) is 0 Å². The van der Waals surface area contributed by atoms with E-state index >= 15 is 0 Å². The quantitative estimate of drug-likeness (QED) is 0.569. The molecule has 1 aliphatic rings. The van der Waals surface area contributed by atoms with Gasteiger partial charge in [0.15, 0.2) is 0 Å². The number of hydrogen-bond acceptors (Lipinski definition) is 4. The summed E-state index contributed by atoms with van der Waals surface area (Å²) in [6.07, 6.45) is 7.48. The van der Waals surface area contributed by atoms with Crippen molar-refractivity contribution >= 4 is 0 Å². The third kappa shape index (κ3) is 3.33. The highest BCUT2D eigenvalue weighted by molar-refractivity contribution is 5.00. The van der Waals surface area contributed by atoms with E-state index in [0.29, 0.717) is 6.10 Å². The summed E-state index contributed by atoms with van der Waals surface area (Å²) in [6.45, 7) is 0.920.